The van der Waals surface area contributed by atoms with Gasteiger partial charge in [-0.2, -0.15) is 0 Å². The molecule has 120 valence electrons. The van der Waals surface area contributed by atoms with Gasteiger partial charge in [-0.1, -0.05) is 11.6 Å². The zero-order valence-electron chi connectivity index (χ0n) is 13.6. The molecule has 1 aliphatic heterocycles. The number of benzene rings is 1. The van der Waals surface area contributed by atoms with Crippen LogP contribution in [0.2, 0.25) is 0 Å². The lowest BCUT2D eigenvalue weighted by Crippen LogP contribution is -2.37. The molecule has 1 atom stereocenters. The molecular weight excluding hydrogens is 286 g/mol. The van der Waals surface area contributed by atoms with Gasteiger partial charge >= 0.3 is 0 Å². The van der Waals surface area contributed by atoms with Crippen molar-refractivity contribution in [3.8, 4) is 0 Å². The molecule has 1 unspecified atom stereocenters. The fourth-order valence-electron chi connectivity index (χ4n) is 3.38. The van der Waals surface area contributed by atoms with Crippen LogP contribution in [0.3, 0.4) is 0 Å². The predicted octanol–water partition coefficient (Wildman–Crippen LogP) is 2.90. The molecule has 0 spiro atoms. The van der Waals surface area contributed by atoms with E-state index in [0.717, 1.165) is 40.7 Å². The number of aromatic nitrogens is 1. The standard InChI is InChI=1S/C19H23N3O/c1-12-4-7-17-15(9-12)16(10-18(22-17)13-5-6-13)19(23)21-11-14-3-2-8-20-14/h4,7,9-10,13-14,20H,2-3,5-6,8,11H2,1H3,(H,21,23). The molecule has 4 heteroatoms. The minimum atomic E-state index is 0.0265. The maximum atomic E-state index is 12.8. The number of hydrogen-bond donors (Lipinski definition) is 2. The molecule has 23 heavy (non-hydrogen) atoms. The fourth-order valence-corrected chi connectivity index (χ4v) is 3.38. The largest absolute Gasteiger partial charge is 0.350 e. The molecule has 0 radical (unpaired) electrons. The molecule has 1 saturated heterocycles. The molecule has 2 N–H and O–H groups in total. The molecular formula is C19H23N3O. The number of amides is 1. The Kier molecular flexibility index (Phi) is 3.77. The average Bonchev–Trinajstić information content (AvgIpc) is 3.28. The number of carbonyl (C=O) groups is 1. The smallest absolute Gasteiger partial charge is 0.252 e. The number of fused-ring (bicyclic) bond motifs is 1. The molecule has 1 amide bonds. The summed E-state index contributed by atoms with van der Waals surface area (Å²) in [6.45, 7) is 3.81. The normalized spacial score (nSPS) is 20.8. The van der Waals surface area contributed by atoms with Gasteiger partial charge in [0.15, 0.2) is 0 Å². The quantitative estimate of drug-likeness (QED) is 0.913. The van der Waals surface area contributed by atoms with Crippen molar-refractivity contribution < 1.29 is 4.79 Å². The van der Waals surface area contributed by atoms with Gasteiger partial charge < -0.3 is 10.6 Å². The van der Waals surface area contributed by atoms with Crippen LogP contribution in [0.25, 0.3) is 10.9 Å². The summed E-state index contributed by atoms with van der Waals surface area (Å²) in [4.78, 5) is 17.5. The lowest BCUT2D eigenvalue weighted by Gasteiger charge is -2.14. The maximum Gasteiger partial charge on any atom is 0.252 e. The van der Waals surface area contributed by atoms with Crippen molar-refractivity contribution in [2.24, 2.45) is 0 Å². The van der Waals surface area contributed by atoms with E-state index in [9.17, 15) is 4.79 Å². The summed E-state index contributed by atoms with van der Waals surface area (Å²) < 4.78 is 0. The number of pyridine rings is 1. The SMILES string of the molecule is Cc1ccc2nc(C3CC3)cc(C(=O)NCC3CCCN3)c2c1. The maximum absolute atomic E-state index is 12.8. The number of aryl methyl sites for hydroxylation is 1. The fraction of sp³-hybridized carbons (Fsp3) is 0.474. The topological polar surface area (TPSA) is 54.0 Å². The molecule has 1 saturated carbocycles. The number of rotatable bonds is 4. The van der Waals surface area contributed by atoms with Crippen molar-refractivity contribution in [2.45, 2.75) is 44.6 Å². The first-order valence-electron chi connectivity index (χ1n) is 8.63. The highest BCUT2D eigenvalue weighted by molar-refractivity contribution is 6.06. The van der Waals surface area contributed by atoms with Gasteiger partial charge in [0.25, 0.3) is 5.91 Å². The van der Waals surface area contributed by atoms with E-state index in [1.54, 1.807) is 0 Å². The number of carbonyl (C=O) groups excluding carboxylic acids is 1. The summed E-state index contributed by atoms with van der Waals surface area (Å²) in [6.07, 6.45) is 4.72. The van der Waals surface area contributed by atoms with E-state index in [1.807, 2.05) is 12.1 Å². The van der Waals surface area contributed by atoms with E-state index in [1.165, 1.54) is 19.3 Å². The van der Waals surface area contributed by atoms with Crippen LogP contribution in [0.1, 0.15) is 53.2 Å². The second-order valence-corrected chi connectivity index (χ2v) is 6.89. The van der Waals surface area contributed by atoms with Crippen molar-refractivity contribution in [3.05, 3.63) is 41.1 Å². The second kappa shape index (κ2) is 5.93. The van der Waals surface area contributed by atoms with Crippen molar-refractivity contribution in [2.75, 3.05) is 13.1 Å². The Morgan fingerprint density at radius 2 is 2.17 bits per heavy atom. The predicted molar refractivity (Wildman–Crippen MR) is 91.8 cm³/mol. The van der Waals surface area contributed by atoms with E-state index in [0.29, 0.717) is 18.5 Å². The Labute approximate surface area is 136 Å². The summed E-state index contributed by atoms with van der Waals surface area (Å²) in [7, 11) is 0. The van der Waals surface area contributed by atoms with Gasteiger partial charge in [0.2, 0.25) is 0 Å². The Morgan fingerprint density at radius 1 is 1.30 bits per heavy atom. The molecule has 2 heterocycles. The van der Waals surface area contributed by atoms with E-state index < -0.39 is 0 Å². The third-order valence-electron chi connectivity index (χ3n) is 4.90. The molecule has 0 bridgehead atoms. The van der Waals surface area contributed by atoms with Gasteiger partial charge in [0, 0.05) is 29.6 Å². The van der Waals surface area contributed by atoms with Crippen molar-refractivity contribution in [1.29, 1.82) is 0 Å². The van der Waals surface area contributed by atoms with Crippen LogP contribution in [0.4, 0.5) is 0 Å². The summed E-state index contributed by atoms with van der Waals surface area (Å²) in [5.74, 6) is 0.572. The number of nitrogens with one attached hydrogen (secondary N) is 2. The molecule has 1 aromatic carbocycles. The molecule has 1 aliphatic carbocycles. The Bertz CT molecular complexity index is 746. The van der Waals surface area contributed by atoms with Crippen LogP contribution in [-0.2, 0) is 0 Å². The van der Waals surface area contributed by atoms with E-state index in [-0.39, 0.29) is 5.91 Å². The second-order valence-electron chi connectivity index (χ2n) is 6.89. The first-order valence-corrected chi connectivity index (χ1v) is 8.63. The zero-order chi connectivity index (χ0) is 15.8. The van der Waals surface area contributed by atoms with Gasteiger partial charge in [-0.3, -0.25) is 9.78 Å². The lowest BCUT2D eigenvalue weighted by atomic mass is 10.0. The third kappa shape index (κ3) is 3.08. The van der Waals surface area contributed by atoms with Crippen molar-refractivity contribution in [3.63, 3.8) is 0 Å². The van der Waals surface area contributed by atoms with Gasteiger partial charge in [0.1, 0.15) is 0 Å². The number of nitrogens with zero attached hydrogens (tertiary/aromatic N) is 1. The van der Waals surface area contributed by atoms with Crippen LogP contribution < -0.4 is 10.6 Å². The first kappa shape index (κ1) is 14.6. The summed E-state index contributed by atoms with van der Waals surface area (Å²) >= 11 is 0. The minimum Gasteiger partial charge on any atom is -0.350 e. The van der Waals surface area contributed by atoms with Gasteiger partial charge in [0.05, 0.1) is 11.1 Å². The third-order valence-corrected chi connectivity index (χ3v) is 4.90. The molecule has 4 nitrogen and oxygen atoms in total. The van der Waals surface area contributed by atoms with Crippen molar-refractivity contribution >= 4 is 16.8 Å². The lowest BCUT2D eigenvalue weighted by molar-refractivity contribution is 0.0952. The van der Waals surface area contributed by atoms with E-state index in [2.05, 4.69) is 29.7 Å². The molecule has 1 aromatic heterocycles. The van der Waals surface area contributed by atoms with Crippen LogP contribution in [0.5, 0.6) is 0 Å². The monoisotopic (exact) mass is 309 g/mol. The Balaban J connectivity index is 1.65. The van der Waals surface area contributed by atoms with Crippen LogP contribution >= 0.6 is 0 Å². The van der Waals surface area contributed by atoms with Crippen LogP contribution in [0, 0.1) is 6.92 Å². The van der Waals surface area contributed by atoms with Crippen LogP contribution in [0.15, 0.2) is 24.3 Å². The van der Waals surface area contributed by atoms with E-state index >= 15 is 0 Å². The van der Waals surface area contributed by atoms with Gasteiger partial charge in [-0.05, 0) is 57.4 Å². The highest BCUT2D eigenvalue weighted by Gasteiger charge is 2.27. The summed E-state index contributed by atoms with van der Waals surface area (Å²) in [6, 6.07) is 8.59. The first-order chi connectivity index (χ1) is 11.2. The molecule has 4 rings (SSSR count). The molecule has 2 fully saturated rings. The Hall–Kier alpha value is -1.94. The average molecular weight is 309 g/mol. The van der Waals surface area contributed by atoms with Gasteiger partial charge in [-0.15, -0.1) is 0 Å². The molecule has 2 aliphatic rings. The van der Waals surface area contributed by atoms with E-state index in [4.69, 9.17) is 4.98 Å². The zero-order valence-corrected chi connectivity index (χ0v) is 13.6. The summed E-state index contributed by atoms with van der Waals surface area (Å²) in [5.41, 5.74) is 3.94. The highest BCUT2D eigenvalue weighted by atomic mass is 16.1. The molecule has 2 aromatic rings. The highest BCUT2D eigenvalue weighted by Crippen LogP contribution is 2.40. The summed E-state index contributed by atoms with van der Waals surface area (Å²) in [5, 5.41) is 7.50. The van der Waals surface area contributed by atoms with Gasteiger partial charge in [-0.25, -0.2) is 0 Å². The number of hydrogen-bond acceptors (Lipinski definition) is 3. The Morgan fingerprint density at radius 3 is 2.91 bits per heavy atom. The van der Waals surface area contributed by atoms with Crippen molar-refractivity contribution in [1.82, 2.24) is 15.6 Å². The van der Waals surface area contributed by atoms with Crippen LogP contribution in [-0.4, -0.2) is 30.0 Å². The minimum absolute atomic E-state index is 0.0265.